The number of para-hydroxylation sites is 1. The fourth-order valence-electron chi connectivity index (χ4n) is 3.36. The summed E-state index contributed by atoms with van der Waals surface area (Å²) in [7, 11) is 0. The molecule has 4 rings (SSSR count). The summed E-state index contributed by atoms with van der Waals surface area (Å²) in [5.74, 6) is -0.541. The van der Waals surface area contributed by atoms with Gasteiger partial charge < -0.3 is 10.6 Å². The molecule has 3 aromatic carbocycles. The van der Waals surface area contributed by atoms with Crippen LogP contribution in [0.25, 0.3) is 16.5 Å². The van der Waals surface area contributed by atoms with Gasteiger partial charge >= 0.3 is 0 Å². The van der Waals surface area contributed by atoms with Crippen LogP contribution in [0.3, 0.4) is 0 Å². The number of nitrogens with zero attached hydrogens (tertiary/aromatic N) is 2. The molecule has 2 N–H and O–H groups in total. The Morgan fingerprint density at radius 3 is 2.18 bits per heavy atom. The molecule has 0 aliphatic carbocycles. The highest BCUT2D eigenvalue weighted by Crippen LogP contribution is 2.16. The molecular formula is C26H24N4O3. The van der Waals surface area contributed by atoms with Crippen LogP contribution in [0.4, 0.5) is 5.69 Å². The summed E-state index contributed by atoms with van der Waals surface area (Å²) >= 11 is 0. The zero-order valence-electron chi connectivity index (χ0n) is 18.4. The average molecular weight is 441 g/mol. The monoisotopic (exact) mass is 440 g/mol. The number of amides is 2. The third-order valence-corrected chi connectivity index (χ3v) is 5.22. The number of hydrogen-bond donors (Lipinski definition) is 2. The van der Waals surface area contributed by atoms with E-state index in [1.165, 1.54) is 4.68 Å². The zero-order valence-corrected chi connectivity index (χ0v) is 18.4. The lowest BCUT2D eigenvalue weighted by Gasteiger charge is -2.12. The summed E-state index contributed by atoms with van der Waals surface area (Å²) in [6.07, 6.45) is 0. The minimum Gasteiger partial charge on any atom is -0.347 e. The first-order chi connectivity index (χ1) is 15.9. The molecule has 4 aromatic rings. The number of hydrogen-bond acceptors (Lipinski definition) is 4. The van der Waals surface area contributed by atoms with Crippen LogP contribution in [-0.4, -0.2) is 21.6 Å². The van der Waals surface area contributed by atoms with Crippen LogP contribution in [0.2, 0.25) is 0 Å². The number of anilines is 1. The van der Waals surface area contributed by atoms with Gasteiger partial charge in [0.1, 0.15) is 0 Å². The van der Waals surface area contributed by atoms with Crippen LogP contribution in [-0.2, 0) is 11.3 Å². The van der Waals surface area contributed by atoms with Crippen LogP contribution in [0.15, 0.2) is 83.7 Å². The van der Waals surface area contributed by atoms with E-state index in [1.54, 1.807) is 48.5 Å². The molecular weight excluding hydrogens is 416 g/mol. The fraction of sp³-hybridized carbons (Fsp3) is 0.154. The van der Waals surface area contributed by atoms with Crippen molar-refractivity contribution in [1.29, 1.82) is 0 Å². The molecule has 0 fully saturated rings. The van der Waals surface area contributed by atoms with Gasteiger partial charge in [0.05, 0.1) is 11.1 Å². The van der Waals surface area contributed by atoms with E-state index in [9.17, 15) is 14.4 Å². The molecule has 2 amide bonds. The Hall–Kier alpha value is -4.26. The van der Waals surface area contributed by atoms with Gasteiger partial charge in [-0.15, -0.1) is 0 Å². The lowest BCUT2D eigenvalue weighted by Crippen LogP contribution is -2.29. The van der Waals surface area contributed by atoms with Gasteiger partial charge in [-0.3, -0.25) is 14.4 Å². The molecule has 0 unspecified atom stereocenters. The molecule has 0 saturated carbocycles. The Labute approximate surface area is 191 Å². The Morgan fingerprint density at radius 1 is 0.879 bits per heavy atom. The number of aromatic nitrogens is 2. The van der Waals surface area contributed by atoms with Crippen molar-refractivity contribution in [3.63, 3.8) is 0 Å². The van der Waals surface area contributed by atoms with Crippen molar-refractivity contribution in [2.75, 3.05) is 5.32 Å². The molecule has 7 heteroatoms. The van der Waals surface area contributed by atoms with E-state index in [1.807, 2.05) is 44.2 Å². The Kier molecular flexibility index (Phi) is 6.31. The first kappa shape index (κ1) is 22.0. The van der Waals surface area contributed by atoms with E-state index in [0.717, 1.165) is 5.56 Å². The number of fused-ring (bicyclic) bond motifs is 1. The molecule has 1 heterocycles. The summed E-state index contributed by atoms with van der Waals surface area (Å²) in [5.41, 5.74) is 2.04. The van der Waals surface area contributed by atoms with Crippen molar-refractivity contribution in [2.24, 2.45) is 5.92 Å². The smallest absolute Gasteiger partial charge is 0.279 e. The maximum atomic E-state index is 13.1. The van der Waals surface area contributed by atoms with E-state index in [4.69, 9.17) is 0 Å². The lowest BCUT2D eigenvalue weighted by atomic mass is 10.1. The molecule has 0 aliphatic rings. The van der Waals surface area contributed by atoms with E-state index in [-0.39, 0.29) is 35.5 Å². The van der Waals surface area contributed by atoms with Gasteiger partial charge in [-0.2, -0.15) is 9.78 Å². The van der Waals surface area contributed by atoms with Crippen molar-refractivity contribution in [1.82, 2.24) is 15.1 Å². The molecule has 33 heavy (non-hydrogen) atoms. The van der Waals surface area contributed by atoms with Gasteiger partial charge in [-0.1, -0.05) is 62.4 Å². The largest absolute Gasteiger partial charge is 0.347 e. The number of nitrogens with one attached hydrogen (secondary N) is 2. The highest BCUT2D eigenvalue weighted by atomic mass is 16.2. The number of rotatable bonds is 6. The number of carbonyl (C=O) groups excluding carboxylic acids is 2. The van der Waals surface area contributed by atoms with Crippen LogP contribution in [0, 0.1) is 5.92 Å². The molecule has 7 nitrogen and oxygen atoms in total. The predicted molar refractivity (Wildman–Crippen MR) is 128 cm³/mol. The molecule has 0 bridgehead atoms. The average Bonchev–Trinajstić information content (AvgIpc) is 2.84. The molecule has 0 radical (unpaired) electrons. The van der Waals surface area contributed by atoms with Crippen molar-refractivity contribution >= 4 is 28.3 Å². The van der Waals surface area contributed by atoms with E-state index in [2.05, 4.69) is 15.7 Å². The topological polar surface area (TPSA) is 93.1 Å². The third-order valence-electron chi connectivity index (χ3n) is 5.22. The highest BCUT2D eigenvalue weighted by molar-refractivity contribution is 6.04. The normalized spacial score (nSPS) is 10.9. The van der Waals surface area contributed by atoms with Crippen LogP contribution < -0.4 is 16.2 Å². The first-order valence-corrected chi connectivity index (χ1v) is 10.7. The van der Waals surface area contributed by atoms with Gasteiger partial charge in [-0.25, -0.2) is 0 Å². The fourth-order valence-corrected chi connectivity index (χ4v) is 3.36. The van der Waals surface area contributed by atoms with E-state index < -0.39 is 0 Å². The molecule has 166 valence electrons. The minimum atomic E-state index is -0.381. The summed E-state index contributed by atoms with van der Waals surface area (Å²) in [6.45, 7) is 3.94. The predicted octanol–water partition coefficient (Wildman–Crippen LogP) is 3.91. The Morgan fingerprint density at radius 2 is 1.52 bits per heavy atom. The standard InChI is InChI=1S/C26H24N4O3/c1-17(2)24(31)28-19-14-12-18(13-15-19)16-27-25(32)23-21-10-6-7-11-22(21)26(33)30(29-23)20-8-4-3-5-9-20/h3-15,17H,16H2,1-2H3,(H,27,32)(H,28,31). The van der Waals surface area contributed by atoms with Gasteiger partial charge in [0.25, 0.3) is 11.5 Å². The SMILES string of the molecule is CC(C)C(=O)Nc1ccc(CNC(=O)c2nn(-c3ccccc3)c(=O)c3ccccc23)cc1. The number of carbonyl (C=O) groups is 2. The molecule has 0 aliphatic heterocycles. The second-order valence-corrected chi connectivity index (χ2v) is 7.97. The summed E-state index contributed by atoms with van der Waals surface area (Å²) in [4.78, 5) is 37.9. The van der Waals surface area contributed by atoms with E-state index >= 15 is 0 Å². The second-order valence-electron chi connectivity index (χ2n) is 7.97. The van der Waals surface area contributed by atoms with Crippen molar-refractivity contribution < 1.29 is 9.59 Å². The lowest BCUT2D eigenvalue weighted by molar-refractivity contribution is -0.118. The van der Waals surface area contributed by atoms with Crippen molar-refractivity contribution in [3.05, 3.63) is 100 Å². The molecule has 0 saturated heterocycles. The summed E-state index contributed by atoms with van der Waals surface area (Å²) < 4.78 is 1.25. The maximum Gasteiger partial charge on any atom is 0.279 e. The van der Waals surface area contributed by atoms with Crippen LogP contribution in [0.5, 0.6) is 0 Å². The second kappa shape index (κ2) is 9.48. The van der Waals surface area contributed by atoms with Gasteiger partial charge in [0.15, 0.2) is 5.69 Å². The number of benzene rings is 3. The van der Waals surface area contributed by atoms with Gasteiger partial charge in [0.2, 0.25) is 5.91 Å². The zero-order chi connectivity index (χ0) is 23.4. The molecule has 0 spiro atoms. The highest BCUT2D eigenvalue weighted by Gasteiger charge is 2.17. The molecule has 1 aromatic heterocycles. The molecule has 0 atom stereocenters. The summed E-state index contributed by atoms with van der Waals surface area (Å²) in [5, 5.41) is 11.0. The van der Waals surface area contributed by atoms with Gasteiger partial charge in [-0.05, 0) is 35.9 Å². The Balaban J connectivity index is 1.58. The van der Waals surface area contributed by atoms with Gasteiger partial charge in [0, 0.05) is 23.5 Å². The van der Waals surface area contributed by atoms with Crippen LogP contribution >= 0.6 is 0 Å². The third kappa shape index (κ3) is 4.82. The maximum absolute atomic E-state index is 13.1. The Bertz CT molecular complexity index is 1360. The van der Waals surface area contributed by atoms with Crippen LogP contribution in [0.1, 0.15) is 29.9 Å². The van der Waals surface area contributed by atoms with Crippen molar-refractivity contribution in [2.45, 2.75) is 20.4 Å². The summed E-state index contributed by atoms with van der Waals surface area (Å²) in [6, 6.07) is 23.2. The minimum absolute atomic E-state index is 0.0532. The van der Waals surface area contributed by atoms with Crippen molar-refractivity contribution in [3.8, 4) is 5.69 Å². The quantitative estimate of drug-likeness (QED) is 0.475. The van der Waals surface area contributed by atoms with E-state index in [0.29, 0.717) is 22.1 Å². The first-order valence-electron chi connectivity index (χ1n) is 10.7.